The van der Waals surface area contributed by atoms with Crippen molar-refractivity contribution in [3.05, 3.63) is 0 Å². The van der Waals surface area contributed by atoms with E-state index in [0.717, 1.165) is 25.6 Å². The summed E-state index contributed by atoms with van der Waals surface area (Å²) in [6.07, 6.45) is 0.934. The summed E-state index contributed by atoms with van der Waals surface area (Å²) in [5, 5.41) is 31.3. The van der Waals surface area contributed by atoms with Crippen molar-refractivity contribution in [1.29, 1.82) is 0 Å². The van der Waals surface area contributed by atoms with Crippen molar-refractivity contribution in [2.45, 2.75) is 69.1 Å². The van der Waals surface area contributed by atoms with Gasteiger partial charge < -0.3 is 30.5 Å². The van der Waals surface area contributed by atoms with Crippen molar-refractivity contribution in [2.75, 3.05) is 53.1 Å². The lowest BCUT2D eigenvalue weighted by Gasteiger charge is -2.38. The van der Waals surface area contributed by atoms with Crippen LogP contribution in [0.2, 0.25) is 0 Å². The van der Waals surface area contributed by atoms with Gasteiger partial charge in [0.15, 0.2) is 0 Å². The molecular formula is C20H41N7O3. The molecule has 3 saturated heterocycles. The third kappa shape index (κ3) is 5.15. The predicted octanol–water partition coefficient (Wildman–Crippen LogP) is -2.52. The summed E-state index contributed by atoms with van der Waals surface area (Å²) < 4.78 is 6.18. The van der Waals surface area contributed by atoms with E-state index in [2.05, 4.69) is 39.7 Å². The molecule has 1 saturated carbocycles. The van der Waals surface area contributed by atoms with Crippen molar-refractivity contribution >= 4 is 0 Å². The molecule has 4 aliphatic rings. The van der Waals surface area contributed by atoms with Crippen LogP contribution < -0.4 is 21.7 Å². The van der Waals surface area contributed by atoms with Crippen LogP contribution in [0.15, 0.2) is 0 Å². The highest BCUT2D eigenvalue weighted by atomic mass is 16.6. The van der Waals surface area contributed by atoms with E-state index in [9.17, 15) is 10.2 Å². The Morgan fingerprint density at radius 1 is 1.07 bits per heavy atom. The quantitative estimate of drug-likeness (QED) is 0.223. The van der Waals surface area contributed by atoms with Crippen molar-refractivity contribution in [3.8, 4) is 0 Å². The number of rotatable bonds is 10. The number of likely N-dealkylation sites (N-methyl/N-ethyl adjacent to an activating group) is 1. The normalized spacial score (nSPS) is 39.9. The second kappa shape index (κ2) is 10.0. The Bertz CT molecular complexity index is 554. The van der Waals surface area contributed by atoms with Crippen LogP contribution in [0.3, 0.4) is 0 Å². The maximum atomic E-state index is 10.7. The van der Waals surface area contributed by atoms with Gasteiger partial charge in [-0.15, -0.1) is 0 Å². The fourth-order valence-corrected chi connectivity index (χ4v) is 4.99. The largest absolute Gasteiger partial charge is 0.387 e. The minimum Gasteiger partial charge on any atom is -0.387 e. The first kappa shape index (κ1) is 22.8. The molecule has 0 radical (unpaired) electrons. The van der Waals surface area contributed by atoms with Crippen LogP contribution in [0.4, 0.5) is 0 Å². The van der Waals surface area contributed by atoms with Crippen LogP contribution in [0.5, 0.6) is 0 Å². The summed E-state index contributed by atoms with van der Waals surface area (Å²) in [7, 11) is 2.07. The third-order valence-corrected chi connectivity index (χ3v) is 6.95. The van der Waals surface area contributed by atoms with E-state index in [1.54, 1.807) is 0 Å². The SMILES string of the molecule is CCCN(CCN(C)C[C@H]1O[C@@H](N2CNC3C(N)NCNC32)[C@H](O)[C@@H]1O)CC1CC1. The number of aliphatic hydroxyl groups is 2. The Labute approximate surface area is 180 Å². The highest BCUT2D eigenvalue weighted by molar-refractivity contribution is 5.01. The van der Waals surface area contributed by atoms with Crippen LogP contribution in [0.25, 0.3) is 0 Å². The third-order valence-electron chi connectivity index (χ3n) is 6.95. The van der Waals surface area contributed by atoms with Gasteiger partial charge in [0.25, 0.3) is 0 Å². The Kier molecular flexibility index (Phi) is 7.62. The summed E-state index contributed by atoms with van der Waals surface area (Å²) in [5.41, 5.74) is 6.15. The lowest BCUT2D eigenvalue weighted by molar-refractivity contribution is -0.106. The van der Waals surface area contributed by atoms with E-state index in [-0.39, 0.29) is 18.4 Å². The highest BCUT2D eigenvalue weighted by Gasteiger charge is 2.51. The standard InChI is InChI=1S/C20H41N7O3/c1-3-6-26(9-13-4-5-13)8-7-25(2)10-14-16(28)17(29)20(30-14)27-12-24-15-18(21)22-11-23-19(15)27/h13-20,22-24,28-29H,3-12,21H2,1-2H3/t14-,15?,16-,17-,18?,19?,20-/m1/s1. The first-order valence-electron chi connectivity index (χ1n) is 11.6. The van der Waals surface area contributed by atoms with Gasteiger partial charge in [-0.1, -0.05) is 6.92 Å². The molecule has 0 spiro atoms. The van der Waals surface area contributed by atoms with E-state index in [1.807, 2.05) is 4.90 Å². The van der Waals surface area contributed by atoms with Crippen molar-refractivity contribution in [2.24, 2.45) is 11.7 Å². The number of fused-ring (bicyclic) bond motifs is 1. The molecule has 4 rings (SSSR count). The van der Waals surface area contributed by atoms with Gasteiger partial charge in [-0.2, -0.15) is 0 Å². The van der Waals surface area contributed by atoms with Crippen LogP contribution in [-0.4, -0.2) is 121 Å². The van der Waals surface area contributed by atoms with E-state index in [4.69, 9.17) is 10.5 Å². The smallest absolute Gasteiger partial charge is 0.142 e. The molecule has 10 heteroatoms. The van der Waals surface area contributed by atoms with Crippen molar-refractivity contribution in [1.82, 2.24) is 30.7 Å². The molecule has 1 aliphatic carbocycles. The van der Waals surface area contributed by atoms with Gasteiger partial charge in [0.1, 0.15) is 24.5 Å². The molecular weight excluding hydrogens is 386 g/mol. The molecule has 0 aromatic heterocycles. The lowest BCUT2D eigenvalue weighted by atomic mass is 10.1. The van der Waals surface area contributed by atoms with Gasteiger partial charge in [0, 0.05) is 32.8 Å². The molecule has 3 heterocycles. The number of aliphatic hydroxyl groups excluding tert-OH is 2. The number of nitrogens with zero attached hydrogens (tertiary/aromatic N) is 3. The van der Waals surface area contributed by atoms with Gasteiger partial charge >= 0.3 is 0 Å². The van der Waals surface area contributed by atoms with Gasteiger partial charge in [0.2, 0.25) is 0 Å². The van der Waals surface area contributed by atoms with Crippen LogP contribution in [0, 0.1) is 5.92 Å². The van der Waals surface area contributed by atoms with Gasteiger partial charge in [-0.05, 0) is 38.8 Å². The molecule has 3 aliphatic heterocycles. The zero-order chi connectivity index (χ0) is 21.3. The lowest BCUT2D eigenvalue weighted by Crippen LogP contribution is -2.68. The fraction of sp³-hybridized carbons (Fsp3) is 1.00. The maximum Gasteiger partial charge on any atom is 0.142 e. The number of hydrogen-bond donors (Lipinski definition) is 6. The van der Waals surface area contributed by atoms with Crippen molar-refractivity contribution < 1.29 is 14.9 Å². The van der Waals surface area contributed by atoms with Gasteiger partial charge in [0.05, 0.1) is 25.0 Å². The molecule has 0 amide bonds. The average Bonchev–Trinajstić information content (AvgIpc) is 3.37. The molecule has 3 unspecified atom stereocenters. The Morgan fingerprint density at radius 3 is 2.60 bits per heavy atom. The number of hydrogen-bond acceptors (Lipinski definition) is 10. The second-order valence-corrected chi connectivity index (χ2v) is 9.51. The molecule has 0 bridgehead atoms. The van der Waals surface area contributed by atoms with E-state index < -0.39 is 24.5 Å². The summed E-state index contributed by atoms with van der Waals surface area (Å²) >= 11 is 0. The number of ether oxygens (including phenoxy) is 1. The Balaban J connectivity index is 1.27. The minimum atomic E-state index is -0.941. The topological polar surface area (TPSA) is 122 Å². The van der Waals surface area contributed by atoms with Crippen molar-refractivity contribution in [3.63, 3.8) is 0 Å². The summed E-state index contributed by atoms with van der Waals surface area (Å²) in [4.78, 5) is 6.81. The van der Waals surface area contributed by atoms with Crippen LogP contribution >= 0.6 is 0 Å². The second-order valence-electron chi connectivity index (χ2n) is 9.51. The van der Waals surface area contributed by atoms with Gasteiger partial charge in [-0.3, -0.25) is 16.0 Å². The maximum absolute atomic E-state index is 10.7. The number of nitrogens with one attached hydrogen (secondary N) is 3. The average molecular weight is 428 g/mol. The Morgan fingerprint density at radius 2 is 1.87 bits per heavy atom. The molecule has 0 aromatic rings. The molecule has 7 N–H and O–H groups in total. The first-order valence-corrected chi connectivity index (χ1v) is 11.6. The van der Waals surface area contributed by atoms with E-state index in [0.29, 0.717) is 19.9 Å². The zero-order valence-corrected chi connectivity index (χ0v) is 18.4. The highest BCUT2D eigenvalue weighted by Crippen LogP contribution is 2.30. The molecule has 174 valence electrons. The molecule has 4 fully saturated rings. The zero-order valence-electron chi connectivity index (χ0n) is 18.4. The summed E-state index contributed by atoms with van der Waals surface area (Å²) in [6.45, 7) is 8.30. The molecule has 7 atom stereocenters. The van der Waals surface area contributed by atoms with Crippen LogP contribution in [0.1, 0.15) is 26.2 Å². The molecule has 0 aromatic carbocycles. The minimum absolute atomic E-state index is 0.0319. The summed E-state index contributed by atoms with van der Waals surface area (Å²) in [6, 6.07) is 0.0319. The predicted molar refractivity (Wildman–Crippen MR) is 114 cm³/mol. The fourth-order valence-electron chi connectivity index (χ4n) is 4.99. The Hall–Kier alpha value is -0.400. The van der Waals surface area contributed by atoms with E-state index >= 15 is 0 Å². The first-order chi connectivity index (χ1) is 14.5. The van der Waals surface area contributed by atoms with Crippen LogP contribution in [-0.2, 0) is 4.74 Å². The summed E-state index contributed by atoms with van der Waals surface area (Å²) in [5.74, 6) is 0.896. The molecule has 30 heavy (non-hydrogen) atoms. The van der Waals surface area contributed by atoms with E-state index in [1.165, 1.54) is 25.8 Å². The number of nitrogens with two attached hydrogens (primary N) is 1. The molecule has 10 nitrogen and oxygen atoms in total. The van der Waals surface area contributed by atoms with Gasteiger partial charge in [-0.25, -0.2) is 4.90 Å². The monoisotopic (exact) mass is 427 g/mol.